The van der Waals surface area contributed by atoms with Crippen LogP contribution in [0.5, 0.6) is 0 Å². The van der Waals surface area contributed by atoms with Crippen molar-refractivity contribution in [3.63, 3.8) is 0 Å². The molecule has 1 rings (SSSR count). The highest BCUT2D eigenvalue weighted by atomic mass is 16.5. The Labute approximate surface area is 176 Å². The fraction of sp³-hybridized carbons (Fsp3) is 0.609. The number of para-hydroxylation sites is 1. The molecule has 166 valence electrons. The number of carbonyl (C=O) groups is 3. The molecule has 0 aliphatic heterocycles. The average Bonchev–Trinajstić information content (AvgIpc) is 2.73. The molecule has 0 saturated heterocycles. The van der Waals surface area contributed by atoms with E-state index in [1.54, 1.807) is 18.7 Å². The second-order valence-corrected chi connectivity index (χ2v) is 6.25. The highest BCUT2D eigenvalue weighted by Gasteiger charge is 2.23. The van der Waals surface area contributed by atoms with Crippen molar-refractivity contribution in [1.82, 2.24) is 0 Å². The number of hydrogen-bond donors (Lipinski definition) is 0. The van der Waals surface area contributed by atoms with Gasteiger partial charge in [0.1, 0.15) is 12.4 Å². The summed E-state index contributed by atoms with van der Waals surface area (Å²) in [6, 6.07) is 7.71. The molecule has 0 radical (unpaired) electrons. The molecule has 1 unspecified atom stereocenters. The first kappa shape index (κ1) is 29.0. The molecule has 0 bridgehead atoms. The van der Waals surface area contributed by atoms with E-state index in [-0.39, 0.29) is 30.2 Å². The molecule has 0 saturated carbocycles. The number of amides is 1. The summed E-state index contributed by atoms with van der Waals surface area (Å²) in [5, 5.41) is 0. The van der Waals surface area contributed by atoms with Crippen molar-refractivity contribution in [2.45, 2.75) is 60.8 Å². The second kappa shape index (κ2) is 17.9. The van der Waals surface area contributed by atoms with Gasteiger partial charge >= 0.3 is 5.97 Å². The van der Waals surface area contributed by atoms with Crippen LogP contribution in [0.25, 0.3) is 0 Å². The normalized spacial score (nSPS) is 10.5. The Morgan fingerprint density at radius 3 is 2.03 bits per heavy atom. The number of nitrogens with zero attached hydrogens (tertiary/aromatic N) is 1. The van der Waals surface area contributed by atoms with Gasteiger partial charge in [0.15, 0.2) is 0 Å². The molecule has 0 heterocycles. The van der Waals surface area contributed by atoms with E-state index < -0.39 is 0 Å². The zero-order valence-electron chi connectivity index (χ0n) is 19.4. The third kappa shape index (κ3) is 12.1. The van der Waals surface area contributed by atoms with Crippen molar-refractivity contribution in [1.29, 1.82) is 0 Å². The Balaban J connectivity index is 0. The van der Waals surface area contributed by atoms with Crippen LogP contribution in [0, 0.1) is 12.8 Å². The summed E-state index contributed by atoms with van der Waals surface area (Å²) in [5.41, 5.74) is 1.86. The number of rotatable bonds is 9. The second-order valence-electron chi connectivity index (χ2n) is 6.25. The minimum Gasteiger partial charge on any atom is -0.469 e. The SMILES string of the molecule is CC.CCC(=O)OC.CCCC(CN(C(=O)COC)c1ccccc1C)C(C)=O. The molecule has 6 heteroatoms. The monoisotopic (exact) mass is 409 g/mol. The van der Waals surface area contributed by atoms with E-state index in [0.717, 1.165) is 24.1 Å². The van der Waals surface area contributed by atoms with Gasteiger partial charge in [-0.1, -0.05) is 52.3 Å². The molecule has 6 nitrogen and oxygen atoms in total. The van der Waals surface area contributed by atoms with Crippen LogP contribution in [0.3, 0.4) is 0 Å². The number of methoxy groups -OCH3 is 2. The first-order chi connectivity index (χ1) is 13.8. The van der Waals surface area contributed by atoms with Crippen molar-refractivity contribution in [2.24, 2.45) is 5.92 Å². The number of anilines is 1. The molecule has 0 aromatic heterocycles. The van der Waals surface area contributed by atoms with E-state index in [1.807, 2.05) is 52.0 Å². The maximum atomic E-state index is 12.3. The van der Waals surface area contributed by atoms with Crippen molar-refractivity contribution >= 4 is 23.3 Å². The minimum absolute atomic E-state index is 0.0189. The summed E-state index contributed by atoms with van der Waals surface area (Å²) in [6.07, 6.45) is 2.18. The van der Waals surface area contributed by atoms with Crippen molar-refractivity contribution in [2.75, 3.05) is 32.3 Å². The molecule has 0 aliphatic carbocycles. The molecule has 1 amide bonds. The third-order valence-electron chi connectivity index (χ3n) is 4.11. The van der Waals surface area contributed by atoms with Crippen molar-refractivity contribution < 1.29 is 23.9 Å². The predicted molar refractivity (Wildman–Crippen MR) is 118 cm³/mol. The summed E-state index contributed by atoms with van der Waals surface area (Å²) in [6.45, 7) is 11.8. The van der Waals surface area contributed by atoms with E-state index >= 15 is 0 Å². The zero-order chi connectivity index (χ0) is 22.8. The first-order valence-electron chi connectivity index (χ1n) is 10.2. The van der Waals surface area contributed by atoms with Crippen LogP contribution in [-0.2, 0) is 23.9 Å². The number of carbonyl (C=O) groups excluding carboxylic acids is 3. The number of ether oxygens (including phenoxy) is 2. The van der Waals surface area contributed by atoms with Crippen LogP contribution < -0.4 is 4.90 Å². The summed E-state index contributed by atoms with van der Waals surface area (Å²) in [4.78, 5) is 35.8. The van der Waals surface area contributed by atoms with Crippen LogP contribution in [0.15, 0.2) is 24.3 Å². The Hall–Kier alpha value is -2.21. The van der Waals surface area contributed by atoms with E-state index in [4.69, 9.17) is 4.74 Å². The van der Waals surface area contributed by atoms with Crippen LogP contribution in [0.4, 0.5) is 5.69 Å². The van der Waals surface area contributed by atoms with Crippen LogP contribution in [0.2, 0.25) is 0 Å². The lowest BCUT2D eigenvalue weighted by Gasteiger charge is -2.27. The zero-order valence-corrected chi connectivity index (χ0v) is 19.4. The van der Waals surface area contributed by atoms with Gasteiger partial charge in [-0.2, -0.15) is 0 Å². The van der Waals surface area contributed by atoms with Crippen LogP contribution >= 0.6 is 0 Å². The summed E-state index contributed by atoms with van der Waals surface area (Å²) in [5.74, 6) is -0.278. The summed E-state index contributed by atoms with van der Waals surface area (Å²) in [7, 11) is 2.88. The molecule has 1 aromatic carbocycles. The maximum Gasteiger partial charge on any atom is 0.305 e. The summed E-state index contributed by atoms with van der Waals surface area (Å²) >= 11 is 0. The van der Waals surface area contributed by atoms with Gasteiger partial charge < -0.3 is 14.4 Å². The van der Waals surface area contributed by atoms with Gasteiger partial charge in [-0.05, 0) is 31.9 Å². The lowest BCUT2D eigenvalue weighted by Crippen LogP contribution is -2.39. The number of aryl methyl sites for hydroxylation is 1. The fourth-order valence-electron chi connectivity index (χ4n) is 2.54. The Bertz CT molecular complexity index is 595. The molecule has 29 heavy (non-hydrogen) atoms. The Morgan fingerprint density at radius 2 is 1.66 bits per heavy atom. The fourth-order valence-corrected chi connectivity index (χ4v) is 2.54. The highest BCUT2D eigenvalue weighted by Crippen LogP contribution is 2.22. The standard InChI is InChI=1S/C17H25NO3.C4H8O2.C2H6/c1-5-8-15(14(3)19)11-18(17(20)12-21-4)16-10-7-6-9-13(16)2;1-3-4(5)6-2;1-2/h6-7,9-10,15H,5,8,11-12H2,1-4H3;3H2,1-2H3;1-2H3. The number of benzene rings is 1. The lowest BCUT2D eigenvalue weighted by atomic mass is 9.98. The number of esters is 1. The highest BCUT2D eigenvalue weighted by molar-refractivity contribution is 5.95. The van der Waals surface area contributed by atoms with E-state index in [9.17, 15) is 14.4 Å². The number of Topliss-reactive ketones (excluding diaryl/α,β-unsaturated/α-hetero) is 1. The van der Waals surface area contributed by atoms with E-state index in [1.165, 1.54) is 14.2 Å². The van der Waals surface area contributed by atoms with Gasteiger partial charge in [0.05, 0.1) is 7.11 Å². The molecular formula is C23H39NO5. The smallest absolute Gasteiger partial charge is 0.305 e. The van der Waals surface area contributed by atoms with Gasteiger partial charge in [-0.25, -0.2) is 0 Å². The van der Waals surface area contributed by atoms with Crippen molar-refractivity contribution in [3.8, 4) is 0 Å². The number of ketones is 1. The predicted octanol–water partition coefficient (Wildman–Crippen LogP) is 4.58. The average molecular weight is 410 g/mol. The lowest BCUT2D eigenvalue weighted by molar-refractivity contribution is -0.140. The third-order valence-corrected chi connectivity index (χ3v) is 4.11. The van der Waals surface area contributed by atoms with E-state index in [2.05, 4.69) is 4.74 Å². The molecule has 1 atom stereocenters. The quantitative estimate of drug-likeness (QED) is 0.558. The van der Waals surface area contributed by atoms with Gasteiger partial charge in [0.25, 0.3) is 5.91 Å². The van der Waals surface area contributed by atoms with Crippen LogP contribution in [0.1, 0.15) is 59.4 Å². The Morgan fingerprint density at radius 1 is 1.07 bits per heavy atom. The molecule has 0 fully saturated rings. The van der Waals surface area contributed by atoms with Crippen LogP contribution in [-0.4, -0.2) is 45.0 Å². The molecule has 0 N–H and O–H groups in total. The largest absolute Gasteiger partial charge is 0.469 e. The Kier molecular flexibility index (Phi) is 17.9. The van der Waals surface area contributed by atoms with Crippen molar-refractivity contribution in [3.05, 3.63) is 29.8 Å². The minimum atomic E-state index is -0.157. The molecule has 1 aromatic rings. The molecule has 0 spiro atoms. The number of hydrogen-bond acceptors (Lipinski definition) is 5. The van der Waals surface area contributed by atoms with Gasteiger partial charge in [-0.3, -0.25) is 14.4 Å². The molecule has 0 aliphatic rings. The van der Waals surface area contributed by atoms with Gasteiger partial charge in [-0.15, -0.1) is 0 Å². The van der Waals surface area contributed by atoms with Gasteiger partial charge in [0, 0.05) is 31.7 Å². The van der Waals surface area contributed by atoms with E-state index in [0.29, 0.717) is 13.0 Å². The first-order valence-corrected chi connectivity index (χ1v) is 10.2. The summed E-state index contributed by atoms with van der Waals surface area (Å²) < 4.78 is 9.23. The topological polar surface area (TPSA) is 72.9 Å². The van der Waals surface area contributed by atoms with Gasteiger partial charge in [0.2, 0.25) is 0 Å². The molecular weight excluding hydrogens is 370 g/mol. The maximum absolute atomic E-state index is 12.3.